The van der Waals surface area contributed by atoms with E-state index in [-0.39, 0.29) is 0 Å². The molecule has 1 saturated carbocycles. The van der Waals surface area contributed by atoms with Crippen LogP contribution in [0.25, 0.3) is 0 Å². The summed E-state index contributed by atoms with van der Waals surface area (Å²) in [6.07, 6.45) is 4.13. The maximum absolute atomic E-state index is 6.06. The average Bonchev–Trinajstić information content (AvgIpc) is 2.87. The number of hydrogen-bond acceptors (Lipinski definition) is 2. The van der Waals surface area contributed by atoms with Gasteiger partial charge in [-0.05, 0) is 42.9 Å². The summed E-state index contributed by atoms with van der Waals surface area (Å²) in [5.41, 5.74) is 7.40. The number of nitrogen functional groups attached to an aromatic ring is 1. The molecule has 1 aliphatic carbocycles. The largest absolute Gasteiger partial charge is 0.396 e. The van der Waals surface area contributed by atoms with E-state index in [0.29, 0.717) is 15.7 Å². The molecule has 92 valence electrons. The van der Waals surface area contributed by atoms with Gasteiger partial charge in [-0.2, -0.15) is 0 Å². The zero-order chi connectivity index (χ0) is 12.0. The Morgan fingerprint density at radius 3 is 2.47 bits per heavy atom. The average molecular weight is 271 g/mol. The molecule has 0 radical (unpaired) electrons. The first-order chi connectivity index (χ1) is 8.13. The van der Waals surface area contributed by atoms with Crippen LogP contribution in [0.15, 0.2) is 12.1 Å². The van der Waals surface area contributed by atoms with Gasteiger partial charge in [-0.25, -0.2) is 0 Å². The maximum atomic E-state index is 6.06. The molecule has 2 fully saturated rings. The molecule has 2 atom stereocenters. The van der Waals surface area contributed by atoms with Crippen molar-refractivity contribution in [2.24, 2.45) is 5.92 Å². The quantitative estimate of drug-likeness (QED) is 0.833. The van der Waals surface area contributed by atoms with Gasteiger partial charge in [-0.3, -0.25) is 4.90 Å². The number of nitrogens with two attached hydrogens (primary N) is 1. The van der Waals surface area contributed by atoms with Crippen LogP contribution in [0.4, 0.5) is 5.69 Å². The fraction of sp³-hybridized carbons (Fsp3) is 0.538. The standard InChI is InChI=1S/C13H16Cl2N2/c14-11-4-9(5-12(15)13(11)16)7-17-6-8-1-2-10(17)3-8/h4-5,8,10H,1-3,6-7,16H2. The molecule has 4 heteroatoms. The van der Waals surface area contributed by atoms with Gasteiger partial charge in [-0.15, -0.1) is 0 Å². The molecule has 17 heavy (non-hydrogen) atoms. The number of rotatable bonds is 2. The number of anilines is 1. The minimum atomic E-state index is 0.486. The second kappa shape index (κ2) is 4.34. The van der Waals surface area contributed by atoms with Crippen molar-refractivity contribution < 1.29 is 0 Å². The van der Waals surface area contributed by atoms with Crippen molar-refractivity contribution in [2.45, 2.75) is 31.8 Å². The lowest BCUT2D eigenvalue weighted by Gasteiger charge is -2.26. The minimum Gasteiger partial charge on any atom is -0.396 e. The van der Waals surface area contributed by atoms with E-state index in [2.05, 4.69) is 4.90 Å². The third kappa shape index (κ3) is 2.14. The maximum Gasteiger partial charge on any atom is 0.0693 e. The highest BCUT2D eigenvalue weighted by atomic mass is 35.5. The molecule has 2 unspecified atom stereocenters. The van der Waals surface area contributed by atoms with E-state index in [9.17, 15) is 0 Å². The Hall–Kier alpha value is -0.440. The van der Waals surface area contributed by atoms with E-state index in [1.165, 1.54) is 31.4 Å². The number of piperidine rings is 1. The van der Waals surface area contributed by atoms with Crippen molar-refractivity contribution in [1.29, 1.82) is 0 Å². The highest BCUT2D eigenvalue weighted by Crippen LogP contribution is 2.38. The zero-order valence-electron chi connectivity index (χ0n) is 9.63. The van der Waals surface area contributed by atoms with Crippen LogP contribution < -0.4 is 5.73 Å². The molecule has 0 aromatic heterocycles. The summed E-state index contributed by atoms with van der Waals surface area (Å²) in [6, 6.07) is 4.65. The van der Waals surface area contributed by atoms with Gasteiger partial charge < -0.3 is 5.73 Å². The molecule has 2 aliphatic rings. The molecule has 2 nitrogen and oxygen atoms in total. The van der Waals surface area contributed by atoms with Gasteiger partial charge in [0.2, 0.25) is 0 Å². The number of benzene rings is 1. The number of nitrogens with zero attached hydrogens (tertiary/aromatic N) is 1. The Kier molecular flexibility index (Phi) is 2.97. The number of halogens is 2. The summed E-state index contributed by atoms with van der Waals surface area (Å²) >= 11 is 12.1. The lowest BCUT2D eigenvalue weighted by Crippen LogP contribution is -2.31. The Labute approximate surface area is 112 Å². The van der Waals surface area contributed by atoms with Crippen LogP contribution in [0.2, 0.25) is 10.0 Å². The molecule has 0 spiro atoms. The summed E-state index contributed by atoms with van der Waals surface area (Å²) < 4.78 is 0. The van der Waals surface area contributed by atoms with E-state index in [1.807, 2.05) is 12.1 Å². The second-order valence-corrected chi connectivity index (χ2v) is 6.05. The van der Waals surface area contributed by atoms with E-state index >= 15 is 0 Å². The lowest BCUT2D eigenvalue weighted by molar-refractivity contribution is 0.205. The van der Waals surface area contributed by atoms with Crippen LogP contribution in [0.3, 0.4) is 0 Å². The van der Waals surface area contributed by atoms with E-state index in [4.69, 9.17) is 28.9 Å². The van der Waals surface area contributed by atoms with Crippen molar-refractivity contribution in [3.8, 4) is 0 Å². The van der Waals surface area contributed by atoms with Gasteiger partial charge in [0.15, 0.2) is 0 Å². The van der Waals surface area contributed by atoms with E-state index < -0.39 is 0 Å². The Bertz CT molecular complexity index is 424. The van der Waals surface area contributed by atoms with E-state index in [1.54, 1.807) is 0 Å². The van der Waals surface area contributed by atoms with Crippen LogP contribution in [0, 0.1) is 5.92 Å². The van der Waals surface area contributed by atoms with Crippen LogP contribution >= 0.6 is 23.2 Å². The summed E-state index contributed by atoms with van der Waals surface area (Å²) in [6.45, 7) is 2.17. The molecule has 1 aromatic carbocycles. The van der Waals surface area contributed by atoms with Gasteiger partial charge in [0, 0.05) is 19.1 Å². The topological polar surface area (TPSA) is 29.3 Å². The fourth-order valence-electron chi connectivity index (χ4n) is 3.18. The minimum absolute atomic E-state index is 0.486. The summed E-state index contributed by atoms with van der Waals surface area (Å²) in [5, 5.41) is 1.13. The molecule has 3 rings (SSSR count). The normalized spacial score (nSPS) is 27.9. The van der Waals surface area contributed by atoms with Gasteiger partial charge in [0.25, 0.3) is 0 Å². The van der Waals surface area contributed by atoms with Gasteiger partial charge >= 0.3 is 0 Å². The highest BCUT2D eigenvalue weighted by molar-refractivity contribution is 6.38. The summed E-state index contributed by atoms with van der Waals surface area (Å²) in [7, 11) is 0. The molecule has 1 aliphatic heterocycles. The Balaban J connectivity index is 1.77. The molecule has 1 heterocycles. The van der Waals surface area contributed by atoms with Gasteiger partial charge in [0.1, 0.15) is 0 Å². The number of fused-ring (bicyclic) bond motifs is 2. The van der Waals surface area contributed by atoms with Crippen LogP contribution in [-0.4, -0.2) is 17.5 Å². The molecular formula is C13H16Cl2N2. The first-order valence-electron chi connectivity index (χ1n) is 6.11. The molecule has 0 amide bonds. The molecule has 2 bridgehead atoms. The predicted molar refractivity (Wildman–Crippen MR) is 72.4 cm³/mol. The molecule has 1 aromatic rings. The second-order valence-electron chi connectivity index (χ2n) is 5.24. The monoisotopic (exact) mass is 270 g/mol. The number of likely N-dealkylation sites (tertiary alicyclic amines) is 1. The Morgan fingerprint density at radius 1 is 1.24 bits per heavy atom. The first kappa shape index (κ1) is 11.6. The van der Waals surface area contributed by atoms with Crippen molar-refractivity contribution in [2.75, 3.05) is 12.3 Å². The molecule has 1 saturated heterocycles. The van der Waals surface area contributed by atoms with Crippen molar-refractivity contribution >= 4 is 28.9 Å². The SMILES string of the molecule is Nc1c(Cl)cc(CN2CC3CCC2C3)cc1Cl. The molecular weight excluding hydrogens is 255 g/mol. The van der Waals surface area contributed by atoms with Crippen molar-refractivity contribution in [1.82, 2.24) is 4.90 Å². The van der Waals surface area contributed by atoms with Crippen LogP contribution in [0.1, 0.15) is 24.8 Å². The predicted octanol–water partition coefficient (Wildman–Crippen LogP) is 3.56. The van der Waals surface area contributed by atoms with Crippen LogP contribution in [0.5, 0.6) is 0 Å². The third-order valence-corrected chi connectivity index (χ3v) is 4.67. The van der Waals surface area contributed by atoms with E-state index in [0.717, 1.165) is 18.5 Å². The smallest absolute Gasteiger partial charge is 0.0693 e. The number of hydrogen-bond donors (Lipinski definition) is 1. The van der Waals surface area contributed by atoms with Crippen LogP contribution in [-0.2, 0) is 6.54 Å². The highest BCUT2D eigenvalue weighted by Gasteiger charge is 2.37. The van der Waals surface area contributed by atoms with Crippen molar-refractivity contribution in [3.63, 3.8) is 0 Å². The summed E-state index contributed by atoms with van der Waals surface area (Å²) in [5.74, 6) is 0.916. The fourth-order valence-corrected chi connectivity index (χ4v) is 3.72. The third-order valence-electron chi connectivity index (χ3n) is 4.05. The Morgan fingerprint density at radius 2 is 1.94 bits per heavy atom. The summed E-state index contributed by atoms with van der Waals surface area (Å²) in [4.78, 5) is 2.55. The van der Waals surface area contributed by atoms with Crippen molar-refractivity contribution in [3.05, 3.63) is 27.7 Å². The van der Waals surface area contributed by atoms with Gasteiger partial charge in [0.05, 0.1) is 15.7 Å². The lowest BCUT2D eigenvalue weighted by atomic mass is 10.1. The zero-order valence-corrected chi connectivity index (χ0v) is 11.1. The van der Waals surface area contributed by atoms with Gasteiger partial charge in [-0.1, -0.05) is 23.2 Å². The first-order valence-corrected chi connectivity index (χ1v) is 6.86. The molecule has 2 N–H and O–H groups in total.